The van der Waals surface area contributed by atoms with Crippen molar-refractivity contribution in [3.63, 3.8) is 0 Å². The first-order chi connectivity index (χ1) is 9.82. The highest BCUT2D eigenvalue weighted by atomic mass is 16.6. The zero-order valence-corrected chi connectivity index (χ0v) is 12.5. The van der Waals surface area contributed by atoms with Gasteiger partial charge in [-0.05, 0) is 33.1 Å². The first-order valence-corrected chi connectivity index (χ1v) is 7.05. The summed E-state index contributed by atoms with van der Waals surface area (Å²) in [7, 11) is 0. The maximum absolute atomic E-state index is 11.6. The molecule has 1 aromatic heterocycles. The van der Waals surface area contributed by atoms with Gasteiger partial charge < -0.3 is 10.0 Å². The highest BCUT2D eigenvalue weighted by Crippen LogP contribution is 2.40. The minimum Gasteiger partial charge on any atom is -0.480 e. The second kappa shape index (κ2) is 5.34. The average molecular weight is 296 g/mol. The summed E-state index contributed by atoms with van der Waals surface area (Å²) in [4.78, 5) is 24.2. The third-order valence-electron chi connectivity index (χ3n) is 4.05. The SMILES string of the molecule is CCCn1nc(C)c([N+](=O)[O-])c1N1CCCC1(C)C(=O)O. The molecule has 1 N–H and O–H groups in total. The van der Waals surface area contributed by atoms with Crippen molar-refractivity contribution in [3.05, 3.63) is 15.8 Å². The molecule has 0 radical (unpaired) electrons. The van der Waals surface area contributed by atoms with Crippen molar-refractivity contribution in [2.75, 3.05) is 11.4 Å². The van der Waals surface area contributed by atoms with Crippen molar-refractivity contribution < 1.29 is 14.8 Å². The van der Waals surface area contributed by atoms with Gasteiger partial charge in [0.1, 0.15) is 11.2 Å². The number of hydrogen-bond donors (Lipinski definition) is 1. The molecule has 0 aromatic carbocycles. The van der Waals surface area contributed by atoms with Crippen molar-refractivity contribution in [3.8, 4) is 0 Å². The van der Waals surface area contributed by atoms with Gasteiger partial charge in [-0.2, -0.15) is 5.10 Å². The second-order valence-electron chi connectivity index (χ2n) is 5.57. The van der Waals surface area contributed by atoms with E-state index in [1.165, 1.54) is 0 Å². The third-order valence-corrected chi connectivity index (χ3v) is 4.05. The van der Waals surface area contributed by atoms with Gasteiger partial charge in [-0.15, -0.1) is 0 Å². The predicted molar refractivity (Wildman–Crippen MR) is 76.5 cm³/mol. The summed E-state index contributed by atoms with van der Waals surface area (Å²) in [5.74, 6) is -0.641. The number of hydrogen-bond acceptors (Lipinski definition) is 5. The van der Waals surface area contributed by atoms with Gasteiger partial charge >= 0.3 is 11.7 Å². The van der Waals surface area contributed by atoms with Crippen LogP contribution in [0.15, 0.2) is 0 Å². The summed E-state index contributed by atoms with van der Waals surface area (Å²) in [6.45, 7) is 6.16. The van der Waals surface area contributed by atoms with E-state index < -0.39 is 16.4 Å². The molecular weight excluding hydrogens is 276 g/mol. The molecule has 0 bridgehead atoms. The van der Waals surface area contributed by atoms with Gasteiger partial charge in [0, 0.05) is 13.1 Å². The highest BCUT2D eigenvalue weighted by Gasteiger charge is 2.47. The molecule has 0 aliphatic carbocycles. The Balaban J connectivity index is 2.61. The van der Waals surface area contributed by atoms with Crippen LogP contribution in [0.4, 0.5) is 11.5 Å². The number of rotatable bonds is 5. The fourth-order valence-corrected chi connectivity index (χ4v) is 2.93. The molecule has 0 saturated carbocycles. The first kappa shape index (κ1) is 15.3. The van der Waals surface area contributed by atoms with Crippen LogP contribution in [0.25, 0.3) is 0 Å². The molecule has 2 heterocycles. The number of nitro groups is 1. The van der Waals surface area contributed by atoms with E-state index >= 15 is 0 Å². The number of aryl methyl sites for hydroxylation is 2. The summed E-state index contributed by atoms with van der Waals surface area (Å²) in [6.07, 6.45) is 1.93. The number of carboxylic acid groups (broad SMARTS) is 1. The van der Waals surface area contributed by atoms with Crippen molar-refractivity contribution in [1.82, 2.24) is 9.78 Å². The van der Waals surface area contributed by atoms with Gasteiger partial charge in [0.25, 0.3) is 0 Å². The molecule has 0 spiro atoms. The molecule has 1 aliphatic heterocycles. The normalized spacial score (nSPS) is 21.8. The molecule has 116 valence electrons. The maximum Gasteiger partial charge on any atom is 0.333 e. The number of aromatic nitrogens is 2. The fraction of sp³-hybridized carbons (Fsp3) is 0.692. The molecule has 2 rings (SSSR count). The van der Waals surface area contributed by atoms with Crippen LogP contribution in [-0.2, 0) is 11.3 Å². The van der Waals surface area contributed by atoms with E-state index in [4.69, 9.17) is 0 Å². The molecule has 0 amide bonds. The molecule has 1 saturated heterocycles. The Morgan fingerprint density at radius 1 is 1.57 bits per heavy atom. The molecule has 1 aliphatic rings. The van der Waals surface area contributed by atoms with Gasteiger partial charge in [-0.1, -0.05) is 6.92 Å². The highest BCUT2D eigenvalue weighted by molar-refractivity contribution is 5.85. The Bertz CT molecular complexity index is 583. The number of nitrogens with zero attached hydrogens (tertiary/aromatic N) is 4. The fourth-order valence-electron chi connectivity index (χ4n) is 2.93. The minimum absolute atomic E-state index is 0.0853. The molecule has 21 heavy (non-hydrogen) atoms. The van der Waals surface area contributed by atoms with Crippen molar-refractivity contribution >= 4 is 17.5 Å². The van der Waals surface area contributed by atoms with Crippen molar-refractivity contribution in [1.29, 1.82) is 0 Å². The van der Waals surface area contributed by atoms with Crippen LogP contribution in [0.3, 0.4) is 0 Å². The molecular formula is C13H20N4O4. The molecule has 8 heteroatoms. The lowest BCUT2D eigenvalue weighted by Crippen LogP contribution is -2.49. The number of aliphatic carboxylic acids is 1. The Labute approximate surface area is 122 Å². The maximum atomic E-state index is 11.6. The van der Waals surface area contributed by atoms with Gasteiger partial charge in [0.05, 0.1) is 4.92 Å². The zero-order valence-electron chi connectivity index (χ0n) is 12.5. The van der Waals surface area contributed by atoms with E-state index in [-0.39, 0.29) is 5.69 Å². The molecule has 1 aromatic rings. The topological polar surface area (TPSA) is 101 Å². The Kier molecular flexibility index (Phi) is 3.89. The smallest absolute Gasteiger partial charge is 0.333 e. The van der Waals surface area contributed by atoms with Crippen LogP contribution in [0, 0.1) is 17.0 Å². The second-order valence-corrected chi connectivity index (χ2v) is 5.57. The average Bonchev–Trinajstić information content (AvgIpc) is 2.91. The van der Waals surface area contributed by atoms with Gasteiger partial charge in [-0.25, -0.2) is 9.48 Å². The molecule has 1 fully saturated rings. The monoisotopic (exact) mass is 296 g/mol. The van der Waals surface area contributed by atoms with Crippen LogP contribution >= 0.6 is 0 Å². The van der Waals surface area contributed by atoms with Crippen molar-refractivity contribution in [2.24, 2.45) is 0 Å². The third kappa shape index (κ3) is 2.34. The summed E-state index contributed by atoms with van der Waals surface area (Å²) < 4.78 is 1.57. The number of carboxylic acids is 1. The van der Waals surface area contributed by atoms with Crippen LogP contribution in [0.2, 0.25) is 0 Å². The van der Waals surface area contributed by atoms with Gasteiger partial charge in [-0.3, -0.25) is 10.1 Å². The lowest BCUT2D eigenvalue weighted by Gasteiger charge is -2.32. The minimum atomic E-state index is -1.12. The molecule has 1 atom stereocenters. The van der Waals surface area contributed by atoms with Crippen LogP contribution in [0.1, 0.15) is 38.8 Å². The largest absolute Gasteiger partial charge is 0.480 e. The summed E-state index contributed by atoms with van der Waals surface area (Å²) in [5.41, 5.74) is -0.885. The lowest BCUT2D eigenvalue weighted by molar-refractivity contribution is -0.384. The summed E-state index contributed by atoms with van der Waals surface area (Å²) >= 11 is 0. The van der Waals surface area contributed by atoms with Crippen LogP contribution < -0.4 is 4.90 Å². The standard InChI is InChI=1S/C13H20N4O4/c1-4-7-16-11(10(17(20)21)9(2)14-16)15-8-5-6-13(15,3)12(18)19/h4-8H2,1-3H3,(H,18,19). The number of anilines is 1. The van der Waals surface area contributed by atoms with E-state index in [1.54, 1.807) is 23.4 Å². The van der Waals surface area contributed by atoms with Crippen LogP contribution in [-0.4, -0.2) is 37.9 Å². The molecule has 8 nitrogen and oxygen atoms in total. The summed E-state index contributed by atoms with van der Waals surface area (Å²) in [6, 6.07) is 0. The first-order valence-electron chi connectivity index (χ1n) is 7.05. The Morgan fingerprint density at radius 2 is 2.24 bits per heavy atom. The lowest BCUT2D eigenvalue weighted by atomic mass is 9.99. The quantitative estimate of drug-likeness (QED) is 0.658. The van der Waals surface area contributed by atoms with Crippen molar-refractivity contribution in [2.45, 2.75) is 52.1 Å². The Hall–Kier alpha value is -2.12. The van der Waals surface area contributed by atoms with E-state index in [2.05, 4.69) is 5.10 Å². The molecule has 1 unspecified atom stereocenters. The van der Waals surface area contributed by atoms with E-state index in [1.807, 2.05) is 6.92 Å². The predicted octanol–water partition coefficient (Wildman–Crippen LogP) is 1.95. The van der Waals surface area contributed by atoms with E-state index in [0.717, 1.165) is 6.42 Å². The van der Waals surface area contributed by atoms with Crippen LogP contribution in [0.5, 0.6) is 0 Å². The van der Waals surface area contributed by atoms with Gasteiger partial charge in [0.2, 0.25) is 5.82 Å². The zero-order chi connectivity index (χ0) is 15.8. The van der Waals surface area contributed by atoms with E-state index in [0.29, 0.717) is 37.4 Å². The Morgan fingerprint density at radius 3 is 2.76 bits per heavy atom. The van der Waals surface area contributed by atoms with E-state index in [9.17, 15) is 20.0 Å². The number of carbonyl (C=O) groups is 1. The van der Waals surface area contributed by atoms with Gasteiger partial charge in [0.15, 0.2) is 0 Å². The summed E-state index contributed by atoms with van der Waals surface area (Å²) in [5, 5.41) is 25.1.